The maximum Gasteiger partial charge on any atom is 0.357 e. The number of ether oxygens (including phenoxy) is 2. The number of hydrogen-bond donors (Lipinski definition) is 1. The number of anilines is 1. The lowest BCUT2D eigenvalue weighted by Crippen LogP contribution is -2.35. The molecule has 2 heterocycles. The number of unbranched alkanes of at least 4 members (excludes halogenated alkanes) is 2. The minimum Gasteiger partial charge on any atom is -0.416 e. The first kappa shape index (κ1) is 24.3. The molecule has 0 saturated carbocycles. The van der Waals surface area contributed by atoms with Crippen molar-refractivity contribution < 1.29 is 36.2 Å². The van der Waals surface area contributed by atoms with Gasteiger partial charge in [-0.05, 0) is 6.42 Å². The van der Waals surface area contributed by atoms with Crippen LogP contribution in [0.4, 0.5) is 27.8 Å². The minimum atomic E-state index is -2.33. The number of hydrogen-bond acceptors (Lipinski definition) is 7. The lowest BCUT2D eigenvalue weighted by atomic mass is 10.2. The molecule has 12 heteroatoms. The molecule has 0 aliphatic carbocycles. The van der Waals surface area contributed by atoms with Gasteiger partial charge in [-0.2, -0.15) is 8.78 Å². The van der Waals surface area contributed by atoms with E-state index in [1.807, 2.05) is 6.92 Å². The van der Waals surface area contributed by atoms with Gasteiger partial charge in [0.1, 0.15) is 5.01 Å². The van der Waals surface area contributed by atoms with E-state index < -0.39 is 40.8 Å². The van der Waals surface area contributed by atoms with E-state index in [1.165, 1.54) is 0 Å². The van der Waals surface area contributed by atoms with Crippen molar-refractivity contribution in [3.05, 3.63) is 39.0 Å². The number of aromatic nitrogens is 1. The molecule has 3 rings (SSSR count). The van der Waals surface area contributed by atoms with E-state index in [-0.39, 0.29) is 10.7 Å². The zero-order valence-corrected chi connectivity index (χ0v) is 18.1. The molecule has 1 aliphatic heterocycles. The molecule has 1 N–H and O–H groups in total. The van der Waals surface area contributed by atoms with Crippen LogP contribution in [-0.2, 0) is 11.3 Å². The summed E-state index contributed by atoms with van der Waals surface area (Å²) in [4.78, 5) is 19.0. The highest BCUT2D eigenvalue weighted by atomic mass is 32.1. The van der Waals surface area contributed by atoms with E-state index in [1.54, 1.807) is 0 Å². The van der Waals surface area contributed by atoms with Gasteiger partial charge < -0.3 is 14.8 Å². The highest BCUT2D eigenvalue weighted by Crippen LogP contribution is 2.32. The van der Waals surface area contributed by atoms with Crippen molar-refractivity contribution >= 4 is 23.1 Å². The molecule has 0 atom stereocenters. The average molecular weight is 479 g/mol. The van der Waals surface area contributed by atoms with Crippen LogP contribution in [0.25, 0.3) is 0 Å². The molecule has 1 aliphatic rings. The molecular weight excluding hydrogens is 457 g/mol. The fourth-order valence-electron chi connectivity index (χ4n) is 3.04. The number of morpholine rings is 1. The van der Waals surface area contributed by atoms with Crippen molar-refractivity contribution in [3.63, 3.8) is 0 Å². The predicted molar refractivity (Wildman–Crippen MR) is 107 cm³/mol. The first-order valence-corrected chi connectivity index (χ1v) is 10.9. The number of carbonyl (C=O) groups is 1. The van der Waals surface area contributed by atoms with Crippen LogP contribution >= 0.6 is 11.3 Å². The third kappa shape index (κ3) is 5.54. The Morgan fingerprint density at radius 3 is 2.31 bits per heavy atom. The molecule has 6 nitrogen and oxygen atoms in total. The molecule has 2 aromatic rings. The summed E-state index contributed by atoms with van der Waals surface area (Å²) in [5, 5.41) is 3.53. The highest BCUT2D eigenvalue weighted by molar-refractivity contribution is 7.14. The quantitative estimate of drug-likeness (QED) is 0.143. The van der Waals surface area contributed by atoms with Gasteiger partial charge in [0.25, 0.3) is 0 Å². The second-order valence-electron chi connectivity index (χ2n) is 7.10. The van der Waals surface area contributed by atoms with Crippen molar-refractivity contribution in [2.75, 3.05) is 38.2 Å². The van der Waals surface area contributed by atoms with Crippen molar-refractivity contribution in [1.82, 2.24) is 9.88 Å². The smallest absolute Gasteiger partial charge is 0.357 e. The van der Waals surface area contributed by atoms with Crippen LogP contribution in [0.1, 0.15) is 40.9 Å². The van der Waals surface area contributed by atoms with Gasteiger partial charge in [0.05, 0.1) is 19.8 Å². The lowest BCUT2D eigenvalue weighted by Gasteiger charge is -2.25. The standard InChI is InChI=1S/C20H22F5N3O3S/c1-2-3-4-5-26-19-18(32-11(27-19)10-28-6-8-30-9-7-28)20(29)31-17-15(24)13(22)12(21)14(23)16(17)25/h26H,2-10H2,1H3. The van der Waals surface area contributed by atoms with Gasteiger partial charge in [0.15, 0.2) is 10.7 Å². The molecule has 0 amide bonds. The molecule has 0 radical (unpaired) electrons. The molecule has 1 saturated heterocycles. The Balaban J connectivity index is 1.84. The highest BCUT2D eigenvalue weighted by Gasteiger charge is 2.30. The van der Waals surface area contributed by atoms with Gasteiger partial charge >= 0.3 is 5.97 Å². The van der Waals surface area contributed by atoms with Crippen molar-refractivity contribution in [3.8, 4) is 5.75 Å². The number of thiazole rings is 1. The van der Waals surface area contributed by atoms with Gasteiger partial charge in [-0.15, -0.1) is 11.3 Å². The fraction of sp³-hybridized carbons (Fsp3) is 0.500. The molecule has 176 valence electrons. The number of carbonyl (C=O) groups excluding carboxylic acids is 1. The van der Waals surface area contributed by atoms with Crippen molar-refractivity contribution in [2.45, 2.75) is 32.7 Å². The van der Waals surface area contributed by atoms with Gasteiger partial charge in [0.2, 0.25) is 34.8 Å². The maximum absolute atomic E-state index is 13.9. The van der Waals surface area contributed by atoms with E-state index in [0.717, 1.165) is 30.6 Å². The van der Waals surface area contributed by atoms with E-state index in [0.29, 0.717) is 44.4 Å². The summed E-state index contributed by atoms with van der Waals surface area (Å²) in [5.74, 6) is -13.9. The van der Waals surface area contributed by atoms with Crippen LogP contribution in [0.15, 0.2) is 0 Å². The Morgan fingerprint density at radius 2 is 1.69 bits per heavy atom. The first-order valence-electron chi connectivity index (χ1n) is 10.1. The van der Waals surface area contributed by atoms with Crippen LogP contribution in [0.5, 0.6) is 5.75 Å². The second-order valence-corrected chi connectivity index (χ2v) is 8.18. The molecule has 1 fully saturated rings. The van der Waals surface area contributed by atoms with Crippen LogP contribution < -0.4 is 10.1 Å². The third-order valence-electron chi connectivity index (χ3n) is 4.76. The van der Waals surface area contributed by atoms with Gasteiger partial charge in [0, 0.05) is 19.6 Å². The van der Waals surface area contributed by atoms with E-state index >= 15 is 0 Å². The summed E-state index contributed by atoms with van der Waals surface area (Å²) in [5.41, 5.74) is 0. The number of nitrogens with zero attached hydrogens (tertiary/aromatic N) is 2. The van der Waals surface area contributed by atoms with Gasteiger partial charge in [-0.3, -0.25) is 4.90 Å². The van der Waals surface area contributed by atoms with Crippen LogP contribution in [0.3, 0.4) is 0 Å². The molecule has 1 aromatic carbocycles. The van der Waals surface area contributed by atoms with Crippen molar-refractivity contribution in [1.29, 1.82) is 0 Å². The van der Waals surface area contributed by atoms with Crippen LogP contribution in [0.2, 0.25) is 0 Å². The van der Waals surface area contributed by atoms with E-state index in [4.69, 9.17) is 4.74 Å². The van der Waals surface area contributed by atoms with Crippen LogP contribution in [-0.4, -0.2) is 48.7 Å². The number of rotatable bonds is 9. The minimum absolute atomic E-state index is 0.117. The third-order valence-corrected chi connectivity index (χ3v) is 5.78. The number of halogens is 5. The summed E-state index contributed by atoms with van der Waals surface area (Å²) in [6.45, 7) is 5.37. The van der Waals surface area contributed by atoms with Gasteiger partial charge in [-0.1, -0.05) is 19.8 Å². The monoisotopic (exact) mass is 479 g/mol. The number of benzene rings is 1. The number of nitrogens with one attached hydrogen (secondary N) is 1. The Hall–Kier alpha value is -2.31. The fourth-order valence-corrected chi connectivity index (χ4v) is 4.00. The Labute approximate surface area is 185 Å². The normalized spacial score (nSPS) is 14.6. The SMILES string of the molecule is CCCCCNc1nc(CN2CCOCC2)sc1C(=O)Oc1c(F)c(F)c(F)c(F)c1F. The summed E-state index contributed by atoms with van der Waals surface area (Å²) < 4.78 is 77.9. The second kappa shape index (κ2) is 11.0. The molecule has 0 unspecified atom stereocenters. The van der Waals surface area contributed by atoms with E-state index in [9.17, 15) is 26.7 Å². The molecule has 0 spiro atoms. The maximum atomic E-state index is 13.9. The largest absolute Gasteiger partial charge is 0.416 e. The summed E-state index contributed by atoms with van der Waals surface area (Å²) in [6, 6.07) is 0. The zero-order chi connectivity index (χ0) is 23.3. The van der Waals surface area contributed by atoms with Gasteiger partial charge in [-0.25, -0.2) is 22.9 Å². The Kier molecular flexibility index (Phi) is 8.38. The molecule has 32 heavy (non-hydrogen) atoms. The van der Waals surface area contributed by atoms with Crippen LogP contribution in [0, 0.1) is 29.1 Å². The van der Waals surface area contributed by atoms with E-state index in [2.05, 4.69) is 19.9 Å². The van der Waals surface area contributed by atoms with Crippen molar-refractivity contribution in [2.24, 2.45) is 0 Å². The molecular formula is C20H22F5N3O3S. The zero-order valence-electron chi connectivity index (χ0n) is 17.3. The first-order chi connectivity index (χ1) is 15.3. The number of esters is 1. The summed E-state index contributed by atoms with van der Waals surface area (Å²) in [6.07, 6.45) is 2.69. The summed E-state index contributed by atoms with van der Waals surface area (Å²) >= 11 is 0.930. The lowest BCUT2D eigenvalue weighted by molar-refractivity contribution is 0.0342. The molecule has 1 aromatic heterocycles. The predicted octanol–water partition coefficient (Wildman–Crippen LogP) is 4.49. The topological polar surface area (TPSA) is 63.7 Å². The average Bonchev–Trinajstić information content (AvgIpc) is 3.20. The molecule has 0 bridgehead atoms. The Morgan fingerprint density at radius 1 is 1.06 bits per heavy atom. The Bertz CT molecular complexity index is 937. The summed E-state index contributed by atoms with van der Waals surface area (Å²) in [7, 11) is 0.